The van der Waals surface area contributed by atoms with Crippen molar-refractivity contribution in [1.29, 1.82) is 0 Å². The van der Waals surface area contributed by atoms with Gasteiger partial charge >= 0.3 is 0 Å². The summed E-state index contributed by atoms with van der Waals surface area (Å²) in [5, 5.41) is 34.2. The molecule has 0 fully saturated rings. The van der Waals surface area contributed by atoms with E-state index >= 15 is 0 Å². The fourth-order valence-corrected chi connectivity index (χ4v) is 2.25. The third-order valence-electron chi connectivity index (χ3n) is 3.67. The van der Waals surface area contributed by atoms with E-state index in [1.54, 1.807) is 61.0 Å². The first-order chi connectivity index (χ1) is 14.2. The van der Waals surface area contributed by atoms with Crippen molar-refractivity contribution in [1.82, 2.24) is 20.3 Å². The van der Waals surface area contributed by atoms with Crippen molar-refractivity contribution < 1.29 is 14.8 Å². The highest BCUT2D eigenvalue weighted by molar-refractivity contribution is 5.82. The molecule has 0 aliphatic rings. The van der Waals surface area contributed by atoms with Crippen LogP contribution >= 0.6 is 0 Å². The molecule has 4 N–H and O–H groups in total. The lowest BCUT2D eigenvalue weighted by Crippen LogP contribution is -2.03. The summed E-state index contributed by atoms with van der Waals surface area (Å²) >= 11 is 0. The molecule has 2 aromatic heterocycles. The molecule has 11 heteroatoms. The molecule has 0 saturated carbocycles. The molecule has 0 aliphatic carbocycles. The van der Waals surface area contributed by atoms with Gasteiger partial charge in [-0.15, -0.1) is 0 Å². The summed E-state index contributed by atoms with van der Waals surface area (Å²) in [5.41, 5.74) is 7.50. The van der Waals surface area contributed by atoms with Gasteiger partial charge in [0.05, 0.1) is 12.4 Å². The quantitative estimate of drug-likeness (QED) is 0.287. The average molecular weight is 390 g/mol. The molecule has 4 aromatic rings. The van der Waals surface area contributed by atoms with Crippen LogP contribution in [-0.4, -0.2) is 42.9 Å². The number of nitrogens with zero attached hydrogens (tertiary/aromatic N) is 6. The van der Waals surface area contributed by atoms with Crippen molar-refractivity contribution in [3.8, 4) is 11.5 Å². The van der Waals surface area contributed by atoms with E-state index in [4.69, 9.17) is 0 Å². The molecule has 2 heterocycles. The number of benzene rings is 2. The highest BCUT2D eigenvalue weighted by Gasteiger charge is 2.11. The Kier molecular flexibility index (Phi) is 4.93. The summed E-state index contributed by atoms with van der Waals surface area (Å²) in [5.74, 6) is 0.850. The van der Waals surface area contributed by atoms with E-state index in [0.717, 1.165) is 11.1 Å². The summed E-state index contributed by atoms with van der Waals surface area (Å²) in [6, 6.07) is 13.0. The average Bonchev–Trinajstić information content (AvgIpc) is 3.18. The van der Waals surface area contributed by atoms with Crippen molar-refractivity contribution in [3.63, 3.8) is 0 Å². The number of hydrazone groups is 2. The van der Waals surface area contributed by atoms with Crippen LogP contribution in [0.25, 0.3) is 11.3 Å². The number of fused-ring (bicyclic) bond motifs is 1. The van der Waals surface area contributed by atoms with Crippen molar-refractivity contribution in [2.75, 3.05) is 10.9 Å². The maximum atomic E-state index is 9.32. The summed E-state index contributed by atoms with van der Waals surface area (Å²) in [7, 11) is 0. The van der Waals surface area contributed by atoms with Crippen molar-refractivity contribution in [2.45, 2.75) is 0 Å². The highest BCUT2D eigenvalue weighted by Crippen LogP contribution is 2.19. The lowest BCUT2D eigenvalue weighted by molar-refractivity contribution is 0.314. The Labute approximate surface area is 163 Å². The molecule has 0 spiro atoms. The number of aromatic nitrogens is 4. The molecule has 2 aromatic carbocycles. The fourth-order valence-electron chi connectivity index (χ4n) is 2.25. The van der Waals surface area contributed by atoms with Gasteiger partial charge in [0, 0.05) is 0 Å². The summed E-state index contributed by atoms with van der Waals surface area (Å²) in [4.78, 5) is 8.51. The predicted molar refractivity (Wildman–Crippen MR) is 106 cm³/mol. The van der Waals surface area contributed by atoms with Gasteiger partial charge in [-0.1, -0.05) is 0 Å². The van der Waals surface area contributed by atoms with Crippen LogP contribution in [0.4, 0.5) is 11.6 Å². The van der Waals surface area contributed by atoms with E-state index in [0.29, 0.717) is 0 Å². The smallest absolute Gasteiger partial charge is 0.245 e. The second kappa shape index (κ2) is 8.00. The van der Waals surface area contributed by atoms with E-state index in [9.17, 15) is 10.2 Å². The van der Waals surface area contributed by atoms with Gasteiger partial charge in [0.15, 0.2) is 11.6 Å². The lowest BCUT2D eigenvalue weighted by Gasteiger charge is -2.05. The van der Waals surface area contributed by atoms with Crippen LogP contribution in [0.5, 0.6) is 11.5 Å². The number of phenols is 2. The Balaban J connectivity index is 1.53. The molecule has 0 aliphatic heterocycles. The third-order valence-corrected chi connectivity index (χ3v) is 3.67. The Bertz CT molecular complexity index is 1080. The van der Waals surface area contributed by atoms with Gasteiger partial charge < -0.3 is 10.2 Å². The van der Waals surface area contributed by atoms with Crippen LogP contribution in [0.3, 0.4) is 0 Å². The van der Waals surface area contributed by atoms with E-state index in [-0.39, 0.29) is 34.4 Å². The minimum Gasteiger partial charge on any atom is -0.508 e. The number of phenolic OH excluding ortho intramolecular Hbond substituents is 2. The van der Waals surface area contributed by atoms with Crippen LogP contribution in [0.2, 0.25) is 0 Å². The summed E-state index contributed by atoms with van der Waals surface area (Å²) < 4.78 is 4.64. The Morgan fingerprint density at radius 1 is 0.690 bits per heavy atom. The van der Waals surface area contributed by atoms with Gasteiger partial charge in [0.2, 0.25) is 11.3 Å². The first-order valence-electron chi connectivity index (χ1n) is 8.34. The second-order valence-corrected chi connectivity index (χ2v) is 5.76. The fraction of sp³-hybridized carbons (Fsp3) is 0. The first kappa shape index (κ1) is 17.9. The zero-order valence-corrected chi connectivity index (χ0v) is 14.8. The molecule has 11 nitrogen and oxygen atoms in total. The third kappa shape index (κ3) is 4.42. The molecule has 0 unspecified atom stereocenters. The predicted octanol–water partition coefficient (Wildman–Crippen LogP) is 2.32. The topological polar surface area (TPSA) is 154 Å². The van der Waals surface area contributed by atoms with Gasteiger partial charge in [-0.3, -0.25) is 10.9 Å². The maximum absolute atomic E-state index is 9.32. The molecule has 0 atom stereocenters. The number of rotatable bonds is 6. The molecule has 0 saturated heterocycles. The Morgan fingerprint density at radius 3 is 1.52 bits per heavy atom. The van der Waals surface area contributed by atoms with E-state index in [1.165, 1.54) is 0 Å². The number of hydrogen-bond acceptors (Lipinski definition) is 11. The molecule has 0 bridgehead atoms. The molecular formula is C18H14N8O3. The van der Waals surface area contributed by atoms with Crippen LogP contribution in [0.15, 0.2) is 63.4 Å². The molecule has 0 amide bonds. The summed E-state index contributed by atoms with van der Waals surface area (Å²) in [6.45, 7) is 0. The molecule has 144 valence electrons. The van der Waals surface area contributed by atoms with Gasteiger partial charge in [0.1, 0.15) is 11.5 Å². The van der Waals surface area contributed by atoms with Crippen LogP contribution in [0, 0.1) is 0 Å². The summed E-state index contributed by atoms with van der Waals surface area (Å²) in [6.07, 6.45) is 3.10. The lowest BCUT2D eigenvalue weighted by atomic mass is 10.2. The highest BCUT2D eigenvalue weighted by atomic mass is 16.6. The molecule has 29 heavy (non-hydrogen) atoms. The van der Waals surface area contributed by atoms with E-state index in [1.807, 2.05) is 0 Å². The van der Waals surface area contributed by atoms with E-state index in [2.05, 4.69) is 46.0 Å². The number of nitrogens with one attached hydrogen (secondary N) is 2. The first-order valence-corrected chi connectivity index (χ1v) is 8.34. The van der Waals surface area contributed by atoms with Gasteiger partial charge in [-0.2, -0.15) is 20.2 Å². The normalized spacial score (nSPS) is 11.4. The maximum Gasteiger partial charge on any atom is 0.245 e. The largest absolute Gasteiger partial charge is 0.508 e. The van der Waals surface area contributed by atoms with E-state index < -0.39 is 0 Å². The Hall–Kier alpha value is -4.54. The zero-order valence-electron chi connectivity index (χ0n) is 14.8. The monoisotopic (exact) mass is 390 g/mol. The van der Waals surface area contributed by atoms with Gasteiger partial charge in [-0.05, 0) is 70.0 Å². The van der Waals surface area contributed by atoms with Crippen molar-refractivity contribution >= 4 is 35.4 Å². The van der Waals surface area contributed by atoms with Crippen LogP contribution in [-0.2, 0) is 0 Å². The number of hydrogen-bond donors (Lipinski definition) is 4. The second-order valence-electron chi connectivity index (χ2n) is 5.76. The molecular weight excluding hydrogens is 376 g/mol. The minimum atomic E-state index is 0.169. The van der Waals surface area contributed by atoms with Crippen molar-refractivity contribution in [2.24, 2.45) is 10.2 Å². The van der Waals surface area contributed by atoms with Crippen LogP contribution in [0.1, 0.15) is 11.1 Å². The standard InChI is InChI=1S/C18H14N8O3/c27-13-5-1-11(2-6-13)9-19-23-15-16(22-18-17(21-15)25-29-26-18)24-20-10-12-3-7-14(28)8-4-12/h1-10,27-28H,(H,21,23,25)(H,22,24,26)/b19-9+,20-10+. The van der Waals surface area contributed by atoms with Gasteiger partial charge in [0.25, 0.3) is 0 Å². The SMILES string of the molecule is Oc1ccc(/C=N/Nc2nc3nonc3nc2N/N=C/c2ccc(O)cc2)cc1. The number of anilines is 2. The minimum absolute atomic E-state index is 0.169. The zero-order chi connectivity index (χ0) is 20.1. The van der Waals surface area contributed by atoms with Gasteiger partial charge in [-0.25, -0.2) is 4.63 Å². The Morgan fingerprint density at radius 2 is 1.10 bits per heavy atom. The number of aromatic hydroxyl groups is 2. The van der Waals surface area contributed by atoms with Crippen molar-refractivity contribution in [3.05, 3.63) is 59.7 Å². The van der Waals surface area contributed by atoms with Crippen LogP contribution < -0.4 is 10.9 Å². The molecule has 4 rings (SSSR count). The molecule has 0 radical (unpaired) electrons.